The minimum Gasteiger partial charge on any atom is -0.504 e. The first-order chi connectivity index (χ1) is 13.7. The monoisotopic (exact) mass is 382 g/mol. The maximum absolute atomic E-state index is 9.85. The van der Waals surface area contributed by atoms with Gasteiger partial charge in [-0.3, -0.25) is 0 Å². The molecule has 1 aliphatic rings. The molecule has 0 bridgehead atoms. The number of nitrogens with one attached hydrogen (secondary N) is 2. The third kappa shape index (κ3) is 5.31. The summed E-state index contributed by atoms with van der Waals surface area (Å²) in [6.07, 6.45) is 1.08. The summed E-state index contributed by atoms with van der Waals surface area (Å²) in [6, 6.07) is 16.3. The molecule has 2 aromatic carbocycles. The van der Waals surface area contributed by atoms with Gasteiger partial charge in [0.1, 0.15) is 0 Å². The van der Waals surface area contributed by atoms with Crippen molar-refractivity contribution in [2.24, 2.45) is 4.99 Å². The van der Waals surface area contributed by atoms with Gasteiger partial charge in [-0.2, -0.15) is 0 Å². The van der Waals surface area contributed by atoms with E-state index in [0.717, 1.165) is 37.6 Å². The lowest BCUT2D eigenvalue weighted by molar-refractivity contribution is 0.318. The molecule has 3 N–H and O–H groups in total. The van der Waals surface area contributed by atoms with Crippen LogP contribution < -0.4 is 20.3 Å². The number of anilines is 1. The molecule has 2 aromatic rings. The van der Waals surface area contributed by atoms with Crippen molar-refractivity contribution in [3.63, 3.8) is 0 Å². The van der Waals surface area contributed by atoms with E-state index >= 15 is 0 Å². The first kappa shape index (κ1) is 19.9. The van der Waals surface area contributed by atoms with Gasteiger partial charge in [0.05, 0.1) is 13.2 Å². The Hall–Kier alpha value is -2.89. The predicted molar refractivity (Wildman–Crippen MR) is 114 cm³/mol. The quantitative estimate of drug-likeness (QED) is 0.507. The third-order valence-electron chi connectivity index (χ3n) is 4.74. The van der Waals surface area contributed by atoms with Gasteiger partial charge in [-0.05, 0) is 50.1 Å². The molecule has 0 amide bonds. The molecule has 1 atom stereocenters. The van der Waals surface area contributed by atoms with E-state index in [1.165, 1.54) is 5.69 Å². The fourth-order valence-electron chi connectivity index (χ4n) is 3.36. The van der Waals surface area contributed by atoms with Crippen LogP contribution in [0.5, 0.6) is 11.5 Å². The lowest BCUT2D eigenvalue weighted by Crippen LogP contribution is -2.44. The van der Waals surface area contributed by atoms with Crippen molar-refractivity contribution in [3.8, 4) is 11.5 Å². The van der Waals surface area contributed by atoms with Crippen molar-refractivity contribution >= 4 is 11.6 Å². The first-order valence-corrected chi connectivity index (χ1v) is 9.99. The summed E-state index contributed by atoms with van der Waals surface area (Å²) in [5.74, 6) is 1.47. The summed E-state index contributed by atoms with van der Waals surface area (Å²) in [6.45, 7) is 7.81. The second-order valence-corrected chi connectivity index (χ2v) is 6.84. The van der Waals surface area contributed by atoms with Crippen molar-refractivity contribution in [2.75, 3.05) is 31.1 Å². The molecule has 6 heteroatoms. The molecule has 3 rings (SSSR count). The zero-order valence-electron chi connectivity index (χ0n) is 16.7. The van der Waals surface area contributed by atoms with E-state index in [1.54, 1.807) is 6.07 Å². The summed E-state index contributed by atoms with van der Waals surface area (Å²) >= 11 is 0. The first-order valence-electron chi connectivity index (χ1n) is 9.99. The van der Waals surface area contributed by atoms with Crippen molar-refractivity contribution in [2.45, 2.75) is 32.9 Å². The van der Waals surface area contributed by atoms with Crippen molar-refractivity contribution < 1.29 is 9.84 Å². The second-order valence-electron chi connectivity index (χ2n) is 6.84. The standard InChI is InChI=1S/C22H30N4O2/c1-3-23-22(24-15-17-10-11-20(27)21(14-17)28-4-2)25-18-12-13-26(16-18)19-8-6-5-7-9-19/h5-11,14,18,27H,3-4,12-13,15-16H2,1-2H3,(H2,23,24,25). The van der Waals surface area contributed by atoms with Crippen LogP contribution in [0.15, 0.2) is 53.5 Å². The van der Waals surface area contributed by atoms with Crippen LogP contribution in [-0.4, -0.2) is 43.3 Å². The van der Waals surface area contributed by atoms with Crippen molar-refractivity contribution in [1.82, 2.24) is 10.6 Å². The Labute approximate surface area is 167 Å². The number of rotatable bonds is 7. The van der Waals surface area contributed by atoms with Gasteiger partial charge in [0, 0.05) is 31.4 Å². The van der Waals surface area contributed by atoms with Crippen LogP contribution in [0.25, 0.3) is 0 Å². The number of phenols is 1. The highest BCUT2D eigenvalue weighted by Crippen LogP contribution is 2.27. The van der Waals surface area contributed by atoms with Crippen LogP contribution in [0, 0.1) is 0 Å². The zero-order valence-corrected chi connectivity index (χ0v) is 16.7. The van der Waals surface area contributed by atoms with Crippen LogP contribution in [-0.2, 0) is 6.54 Å². The molecule has 0 saturated carbocycles. The maximum Gasteiger partial charge on any atom is 0.191 e. The summed E-state index contributed by atoms with van der Waals surface area (Å²) < 4.78 is 5.46. The Balaban J connectivity index is 1.61. The lowest BCUT2D eigenvalue weighted by Gasteiger charge is -2.20. The normalized spacial score (nSPS) is 16.9. The number of benzene rings is 2. The number of aromatic hydroxyl groups is 1. The highest BCUT2D eigenvalue weighted by atomic mass is 16.5. The van der Waals surface area contributed by atoms with E-state index in [0.29, 0.717) is 24.9 Å². The number of para-hydroxylation sites is 1. The van der Waals surface area contributed by atoms with Crippen molar-refractivity contribution in [1.29, 1.82) is 0 Å². The highest BCUT2D eigenvalue weighted by Gasteiger charge is 2.23. The molecular weight excluding hydrogens is 352 g/mol. The number of ether oxygens (including phenoxy) is 1. The van der Waals surface area contributed by atoms with E-state index in [2.05, 4.69) is 46.7 Å². The number of aliphatic imine (C=N–C) groups is 1. The lowest BCUT2D eigenvalue weighted by atomic mass is 10.2. The zero-order chi connectivity index (χ0) is 19.8. The number of hydrogen-bond acceptors (Lipinski definition) is 4. The van der Waals surface area contributed by atoms with Gasteiger partial charge in [0.25, 0.3) is 0 Å². The van der Waals surface area contributed by atoms with Crippen LogP contribution in [0.2, 0.25) is 0 Å². The smallest absolute Gasteiger partial charge is 0.191 e. The Bertz CT molecular complexity index is 779. The highest BCUT2D eigenvalue weighted by molar-refractivity contribution is 5.80. The SMILES string of the molecule is CCNC(=NCc1ccc(O)c(OCC)c1)NC1CCN(c2ccccc2)C1. The molecule has 0 radical (unpaired) electrons. The van der Waals surface area contributed by atoms with E-state index < -0.39 is 0 Å². The van der Waals surface area contributed by atoms with E-state index in [1.807, 2.05) is 25.1 Å². The minimum absolute atomic E-state index is 0.159. The average Bonchev–Trinajstić information content (AvgIpc) is 3.18. The molecule has 1 heterocycles. The van der Waals surface area contributed by atoms with Crippen molar-refractivity contribution in [3.05, 3.63) is 54.1 Å². The van der Waals surface area contributed by atoms with Crippen LogP contribution >= 0.6 is 0 Å². The van der Waals surface area contributed by atoms with E-state index in [9.17, 15) is 5.11 Å². The van der Waals surface area contributed by atoms with Crippen LogP contribution in [0.3, 0.4) is 0 Å². The molecule has 1 aliphatic heterocycles. The van der Waals surface area contributed by atoms with Gasteiger partial charge in [-0.1, -0.05) is 24.3 Å². The summed E-state index contributed by atoms with van der Waals surface area (Å²) in [4.78, 5) is 7.11. The van der Waals surface area contributed by atoms with Crippen LogP contribution in [0.4, 0.5) is 5.69 Å². The number of nitrogens with zero attached hydrogens (tertiary/aromatic N) is 2. The summed E-state index contributed by atoms with van der Waals surface area (Å²) in [5, 5.41) is 16.7. The summed E-state index contributed by atoms with van der Waals surface area (Å²) in [7, 11) is 0. The maximum atomic E-state index is 9.85. The van der Waals surface area contributed by atoms with Gasteiger partial charge in [-0.25, -0.2) is 4.99 Å². The van der Waals surface area contributed by atoms with E-state index in [4.69, 9.17) is 9.73 Å². The molecule has 0 aromatic heterocycles. The van der Waals surface area contributed by atoms with E-state index in [-0.39, 0.29) is 5.75 Å². The minimum atomic E-state index is 0.159. The van der Waals surface area contributed by atoms with Gasteiger partial charge in [0.15, 0.2) is 17.5 Å². The van der Waals surface area contributed by atoms with Gasteiger partial charge >= 0.3 is 0 Å². The second kappa shape index (κ2) is 9.88. The molecule has 0 aliphatic carbocycles. The number of phenolic OH excluding ortho intramolecular Hbond substituents is 1. The Morgan fingerprint density at radius 1 is 1.21 bits per heavy atom. The molecular formula is C22H30N4O2. The largest absolute Gasteiger partial charge is 0.504 e. The Kier molecular flexibility index (Phi) is 7.00. The fourth-order valence-corrected chi connectivity index (χ4v) is 3.36. The van der Waals surface area contributed by atoms with Gasteiger partial charge < -0.3 is 25.4 Å². The van der Waals surface area contributed by atoms with Gasteiger partial charge in [0.2, 0.25) is 0 Å². The molecule has 28 heavy (non-hydrogen) atoms. The molecule has 6 nitrogen and oxygen atoms in total. The molecule has 0 spiro atoms. The van der Waals surface area contributed by atoms with Crippen LogP contribution in [0.1, 0.15) is 25.8 Å². The Morgan fingerprint density at radius 3 is 2.79 bits per heavy atom. The Morgan fingerprint density at radius 2 is 2.04 bits per heavy atom. The molecule has 1 fully saturated rings. The van der Waals surface area contributed by atoms with Gasteiger partial charge in [-0.15, -0.1) is 0 Å². The number of guanidine groups is 1. The predicted octanol–water partition coefficient (Wildman–Crippen LogP) is 3.12. The number of hydrogen-bond donors (Lipinski definition) is 3. The fraction of sp³-hybridized carbons (Fsp3) is 0.409. The topological polar surface area (TPSA) is 69.1 Å². The summed E-state index contributed by atoms with van der Waals surface area (Å²) in [5.41, 5.74) is 2.26. The third-order valence-corrected chi connectivity index (χ3v) is 4.74. The molecule has 1 unspecified atom stereocenters. The average molecular weight is 383 g/mol. The molecule has 150 valence electrons. The molecule has 1 saturated heterocycles.